The molecular weight excluding hydrogens is 316 g/mol. The van der Waals surface area contributed by atoms with Crippen molar-refractivity contribution in [2.24, 2.45) is 0 Å². The van der Waals surface area contributed by atoms with Crippen LogP contribution in [0.25, 0.3) is 0 Å². The lowest BCUT2D eigenvalue weighted by Crippen LogP contribution is -2.55. The number of rotatable bonds is 3. The Kier molecular flexibility index (Phi) is 4.51. The van der Waals surface area contributed by atoms with Crippen LogP contribution in [0.1, 0.15) is 13.8 Å². The van der Waals surface area contributed by atoms with Gasteiger partial charge in [-0.05, 0) is 32.0 Å². The fourth-order valence-electron chi connectivity index (χ4n) is 2.41. The first-order valence-corrected chi connectivity index (χ1v) is 8.31. The topological polar surface area (TPSA) is 92.9 Å². The zero-order valence-electron chi connectivity index (χ0n) is 11.9. The highest BCUT2D eigenvalue weighted by atomic mass is 35.5. The molecule has 8 heteroatoms. The van der Waals surface area contributed by atoms with Gasteiger partial charge in [0.1, 0.15) is 4.90 Å². The van der Waals surface area contributed by atoms with Gasteiger partial charge in [-0.25, -0.2) is 8.42 Å². The van der Waals surface area contributed by atoms with E-state index in [0.717, 1.165) is 0 Å². The molecule has 1 aromatic rings. The number of hydrogen-bond donors (Lipinski definition) is 2. The first kappa shape index (κ1) is 16.5. The number of hydrogen-bond acceptors (Lipinski definition) is 5. The third-order valence-corrected chi connectivity index (χ3v) is 5.36. The maximum Gasteiger partial charge on any atom is 0.245 e. The van der Waals surface area contributed by atoms with E-state index in [9.17, 15) is 13.5 Å². The predicted molar refractivity (Wildman–Crippen MR) is 80.7 cm³/mol. The second kappa shape index (κ2) is 5.73. The zero-order valence-corrected chi connectivity index (χ0v) is 13.5. The molecule has 1 unspecified atom stereocenters. The van der Waals surface area contributed by atoms with Gasteiger partial charge in [0.2, 0.25) is 10.0 Å². The van der Waals surface area contributed by atoms with Crippen molar-refractivity contribution in [3.8, 4) is 0 Å². The third kappa shape index (κ3) is 3.49. The minimum absolute atomic E-state index is 0.0151. The molecule has 0 aromatic heterocycles. The van der Waals surface area contributed by atoms with E-state index in [2.05, 4.69) is 0 Å². The molecule has 0 radical (unpaired) electrons. The molecule has 1 aliphatic rings. The van der Waals surface area contributed by atoms with Crippen LogP contribution >= 0.6 is 11.6 Å². The van der Waals surface area contributed by atoms with Crippen LogP contribution in [0.15, 0.2) is 23.1 Å². The summed E-state index contributed by atoms with van der Waals surface area (Å²) in [5.74, 6) is 0. The summed E-state index contributed by atoms with van der Waals surface area (Å²) in [7, 11) is -3.76. The van der Waals surface area contributed by atoms with Gasteiger partial charge in [0, 0.05) is 18.1 Å². The van der Waals surface area contributed by atoms with E-state index in [1.165, 1.54) is 22.5 Å². The maximum absolute atomic E-state index is 12.7. The van der Waals surface area contributed by atoms with Gasteiger partial charge in [0.15, 0.2) is 0 Å². The van der Waals surface area contributed by atoms with Gasteiger partial charge < -0.3 is 15.6 Å². The van der Waals surface area contributed by atoms with Crippen LogP contribution in [-0.4, -0.2) is 49.2 Å². The van der Waals surface area contributed by atoms with Gasteiger partial charge in [-0.1, -0.05) is 11.6 Å². The SMILES string of the molecule is CC1(C)CN(S(=O)(=O)c2ccc(Cl)cc2N)CC(CO)O1. The Morgan fingerprint density at radius 2 is 2.19 bits per heavy atom. The lowest BCUT2D eigenvalue weighted by molar-refractivity contribution is -0.131. The smallest absolute Gasteiger partial charge is 0.245 e. The quantitative estimate of drug-likeness (QED) is 0.807. The normalized spacial score (nSPS) is 23.1. The summed E-state index contributed by atoms with van der Waals surface area (Å²) in [6, 6.07) is 4.28. The van der Waals surface area contributed by atoms with Gasteiger partial charge in [0.25, 0.3) is 0 Å². The molecule has 3 N–H and O–H groups in total. The number of aliphatic hydroxyl groups is 1. The van der Waals surface area contributed by atoms with E-state index in [4.69, 9.17) is 22.1 Å². The minimum atomic E-state index is -3.76. The number of nitrogens with zero attached hydrogens (tertiary/aromatic N) is 1. The summed E-state index contributed by atoms with van der Waals surface area (Å²) in [6.45, 7) is 3.59. The van der Waals surface area contributed by atoms with E-state index < -0.39 is 21.7 Å². The third-order valence-electron chi connectivity index (χ3n) is 3.24. The second-order valence-corrected chi connectivity index (χ2v) is 8.00. The number of nitrogen functional groups attached to an aromatic ring is 1. The first-order chi connectivity index (χ1) is 9.65. The number of sulfonamides is 1. The summed E-state index contributed by atoms with van der Waals surface area (Å²) in [5, 5.41) is 9.66. The van der Waals surface area contributed by atoms with Gasteiger partial charge in [0.05, 0.1) is 24.0 Å². The van der Waals surface area contributed by atoms with Crippen molar-refractivity contribution in [3.05, 3.63) is 23.2 Å². The standard InChI is InChI=1S/C13H19ClN2O4S/c1-13(2)8-16(6-10(7-17)20-13)21(18,19)12-4-3-9(14)5-11(12)15/h3-5,10,17H,6-8,15H2,1-2H3. The fraction of sp³-hybridized carbons (Fsp3) is 0.538. The summed E-state index contributed by atoms with van der Waals surface area (Å²) in [6.07, 6.45) is -0.558. The van der Waals surface area contributed by atoms with Crippen molar-refractivity contribution in [2.45, 2.75) is 30.4 Å². The number of halogens is 1. The lowest BCUT2D eigenvalue weighted by atomic mass is 10.1. The van der Waals surface area contributed by atoms with Crippen molar-refractivity contribution in [1.82, 2.24) is 4.31 Å². The number of anilines is 1. The molecule has 118 valence electrons. The molecule has 0 amide bonds. The van der Waals surface area contributed by atoms with Crippen molar-refractivity contribution in [3.63, 3.8) is 0 Å². The second-order valence-electron chi connectivity index (χ2n) is 5.66. The Morgan fingerprint density at radius 1 is 1.52 bits per heavy atom. The largest absolute Gasteiger partial charge is 0.398 e. The lowest BCUT2D eigenvalue weighted by Gasteiger charge is -2.41. The maximum atomic E-state index is 12.7. The molecule has 21 heavy (non-hydrogen) atoms. The van der Waals surface area contributed by atoms with Crippen LogP contribution < -0.4 is 5.73 Å². The Hall–Kier alpha value is -0.860. The highest BCUT2D eigenvalue weighted by Crippen LogP contribution is 2.30. The Labute approximate surface area is 129 Å². The number of benzene rings is 1. The van der Waals surface area contributed by atoms with Crippen LogP contribution in [0, 0.1) is 0 Å². The molecule has 0 saturated carbocycles. The highest BCUT2D eigenvalue weighted by molar-refractivity contribution is 7.89. The number of morpholine rings is 1. The number of aliphatic hydroxyl groups excluding tert-OH is 1. The van der Waals surface area contributed by atoms with Gasteiger partial charge in [-0.15, -0.1) is 0 Å². The van der Waals surface area contributed by atoms with Crippen molar-refractivity contribution in [2.75, 3.05) is 25.4 Å². The number of nitrogens with two attached hydrogens (primary N) is 1. The van der Waals surface area contributed by atoms with Crippen LogP contribution in [0.4, 0.5) is 5.69 Å². The average Bonchev–Trinajstić information content (AvgIpc) is 2.36. The first-order valence-electron chi connectivity index (χ1n) is 6.49. The van der Waals surface area contributed by atoms with E-state index in [1.54, 1.807) is 13.8 Å². The summed E-state index contributed by atoms with van der Waals surface area (Å²) < 4.78 is 32.4. The molecule has 6 nitrogen and oxygen atoms in total. The van der Waals surface area contributed by atoms with E-state index in [1.807, 2.05) is 0 Å². The molecule has 1 aromatic carbocycles. The summed E-state index contributed by atoms with van der Waals surface area (Å²) in [5.41, 5.74) is 5.20. The van der Waals surface area contributed by atoms with Crippen molar-refractivity contribution < 1.29 is 18.3 Å². The van der Waals surface area contributed by atoms with Crippen LogP contribution in [0.3, 0.4) is 0 Å². The van der Waals surface area contributed by atoms with Gasteiger partial charge in [-0.2, -0.15) is 4.31 Å². The van der Waals surface area contributed by atoms with Crippen LogP contribution in [-0.2, 0) is 14.8 Å². The molecule has 1 fully saturated rings. The van der Waals surface area contributed by atoms with E-state index >= 15 is 0 Å². The van der Waals surface area contributed by atoms with Gasteiger partial charge >= 0.3 is 0 Å². The monoisotopic (exact) mass is 334 g/mol. The molecular formula is C13H19ClN2O4S. The average molecular weight is 335 g/mol. The van der Waals surface area contributed by atoms with Crippen molar-refractivity contribution >= 4 is 27.3 Å². The minimum Gasteiger partial charge on any atom is -0.398 e. The van der Waals surface area contributed by atoms with Crippen LogP contribution in [0.2, 0.25) is 5.02 Å². The van der Waals surface area contributed by atoms with Crippen LogP contribution in [0.5, 0.6) is 0 Å². The molecule has 0 aliphatic carbocycles. The Bertz CT molecular complexity index is 633. The predicted octanol–water partition coefficient (Wildman–Crippen LogP) is 1.08. The Balaban J connectivity index is 2.38. The molecule has 1 aliphatic heterocycles. The zero-order chi connectivity index (χ0) is 15.8. The summed E-state index contributed by atoms with van der Waals surface area (Å²) in [4.78, 5) is 0.0151. The Morgan fingerprint density at radius 3 is 2.76 bits per heavy atom. The number of ether oxygens (including phenoxy) is 1. The van der Waals surface area contributed by atoms with Crippen molar-refractivity contribution in [1.29, 1.82) is 0 Å². The van der Waals surface area contributed by atoms with Gasteiger partial charge in [-0.3, -0.25) is 0 Å². The summed E-state index contributed by atoms with van der Waals surface area (Å²) >= 11 is 5.80. The molecule has 0 bridgehead atoms. The molecule has 1 heterocycles. The molecule has 0 spiro atoms. The molecule has 1 saturated heterocycles. The fourth-order valence-corrected chi connectivity index (χ4v) is 4.31. The molecule has 2 rings (SSSR count). The molecule has 1 atom stereocenters. The highest BCUT2D eigenvalue weighted by Gasteiger charge is 2.39. The van der Waals surface area contributed by atoms with E-state index in [-0.39, 0.29) is 30.3 Å². The van der Waals surface area contributed by atoms with E-state index in [0.29, 0.717) is 5.02 Å².